The van der Waals surface area contributed by atoms with E-state index in [0.29, 0.717) is 31.2 Å². The molecule has 5 rings (SSSR count). The number of nitrogens with one attached hydrogen (secondary N) is 1. The van der Waals surface area contributed by atoms with Crippen LogP contribution in [0.3, 0.4) is 0 Å². The summed E-state index contributed by atoms with van der Waals surface area (Å²) in [5.74, 6) is -1.17. The second-order valence-electron chi connectivity index (χ2n) is 13.1. The van der Waals surface area contributed by atoms with Crippen LogP contribution in [0.25, 0.3) is 0 Å². The highest BCUT2D eigenvalue weighted by Gasteiger charge is 2.46. The summed E-state index contributed by atoms with van der Waals surface area (Å²) in [5.41, 5.74) is 2.14. The van der Waals surface area contributed by atoms with E-state index in [0.717, 1.165) is 11.1 Å². The van der Waals surface area contributed by atoms with Crippen LogP contribution in [0.15, 0.2) is 120 Å². The van der Waals surface area contributed by atoms with Gasteiger partial charge in [-0.1, -0.05) is 93.6 Å². The number of nitrogens with zero attached hydrogens (tertiary/aromatic N) is 2. The van der Waals surface area contributed by atoms with Gasteiger partial charge in [0.1, 0.15) is 17.4 Å². The van der Waals surface area contributed by atoms with Crippen molar-refractivity contribution in [3.63, 3.8) is 0 Å². The molecule has 0 radical (unpaired) electrons. The van der Waals surface area contributed by atoms with E-state index in [9.17, 15) is 18.3 Å². The minimum absolute atomic E-state index is 0.00457. The average molecular weight is 650 g/mol. The molecule has 2 heterocycles. The number of aliphatic hydroxyl groups excluding tert-OH is 1. The van der Waals surface area contributed by atoms with Gasteiger partial charge in [0.15, 0.2) is 5.03 Å². The molecule has 1 aliphatic rings. The molecule has 1 aliphatic heterocycles. The Morgan fingerprint density at radius 2 is 1.55 bits per heavy atom. The van der Waals surface area contributed by atoms with Gasteiger partial charge in [0.2, 0.25) is 0 Å². The summed E-state index contributed by atoms with van der Waals surface area (Å²) in [5, 5.41) is 20.5. The molecule has 242 valence electrons. The number of cyclic esters (lactones) is 1. The lowest BCUT2D eigenvalue weighted by atomic mass is 9.70. The molecule has 0 saturated heterocycles. The normalized spacial score (nSPS) is 15.4. The fourth-order valence-electron chi connectivity index (χ4n) is 6.22. The number of nitriles is 1. The summed E-state index contributed by atoms with van der Waals surface area (Å²) in [6.45, 7) is 5.90. The van der Waals surface area contributed by atoms with Gasteiger partial charge in [-0.15, -0.1) is 0 Å². The minimum Gasteiger partial charge on any atom is -0.512 e. The molecule has 3 aromatic carbocycles. The number of sulfonamides is 1. The first-order chi connectivity index (χ1) is 22.4. The fraction of sp³-hybridized carbons (Fsp3) is 0.289. The molecule has 0 bridgehead atoms. The number of anilines is 1. The predicted octanol–water partition coefficient (Wildman–Crippen LogP) is 7.65. The molecule has 1 aromatic heterocycles. The summed E-state index contributed by atoms with van der Waals surface area (Å²) in [6.07, 6.45) is 3.85. The number of aryl methyl sites for hydroxylation is 2. The Kier molecular flexibility index (Phi) is 9.83. The van der Waals surface area contributed by atoms with Crippen molar-refractivity contribution in [3.8, 4) is 6.07 Å². The molecule has 0 spiro atoms. The summed E-state index contributed by atoms with van der Waals surface area (Å²) in [7, 11) is -4.06. The number of hydrogen-bond donors (Lipinski definition) is 2. The number of carbonyl (C=O) groups excluding carboxylic acids is 1. The maximum Gasteiger partial charge on any atom is 0.338 e. The van der Waals surface area contributed by atoms with Gasteiger partial charge in [0.25, 0.3) is 10.0 Å². The first-order valence-electron chi connectivity index (χ1n) is 15.6. The van der Waals surface area contributed by atoms with Gasteiger partial charge in [0, 0.05) is 24.2 Å². The van der Waals surface area contributed by atoms with Gasteiger partial charge in [-0.05, 0) is 72.1 Å². The lowest BCUT2D eigenvalue weighted by Gasteiger charge is -2.41. The fourth-order valence-corrected chi connectivity index (χ4v) is 7.20. The highest BCUT2D eigenvalue weighted by molar-refractivity contribution is 7.92. The lowest BCUT2D eigenvalue weighted by molar-refractivity contribution is -0.161. The number of carbonyl (C=O) groups is 1. The minimum atomic E-state index is -4.06. The van der Waals surface area contributed by atoms with Crippen molar-refractivity contribution in [2.45, 2.75) is 69.4 Å². The van der Waals surface area contributed by atoms with Crippen LogP contribution in [0.2, 0.25) is 0 Å². The number of hydrogen-bond acceptors (Lipinski definition) is 7. The Labute approximate surface area is 276 Å². The Morgan fingerprint density at radius 1 is 0.936 bits per heavy atom. The number of esters is 1. The van der Waals surface area contributed by atoms with Crippen LogP contribution in [0, 0.1) is 16.7 Å². The maximum atomic E-state index is 14.1. The maximum absolute atomic E-state index is 14.1. The first-order valence-corrected chi connectivity index (χ1v) is 17.1. The number of aromatic nitrogens is 1. The zero-order valence-corrected chi connectivity index (χ0v) is 27.6. The van der Waals surface area contributed by atoms with E-state index in [1.54, 1.807) is 18.2 Å². The standard InChI is InChI=1S/C38H39N3O5S/c1-37(2,3)35(30-15-10-16-31(23-30)41-47(44,45)33-18-17-29(25-39)26-40-33)34-32(42)24-38(46-36(34)43,21-19-27-11-6-4-7-12-27)22-20-28-13-8-5-9-14-28/h4-18,23,26,35,41-42H,19-22,24H2,1-3H3. The molecule has 0 aliphatic carbocycles. The van der Waals surface area contributed by atoms with E-state index in [1.165, 1.54) is 18.3 Å². The molecule has 47 heavy (non-hydrogen) atoms. The van der Waals surface area contributed by atoms with Crippen LogP contribution in [0.5, 0.6) is 0 Å². The van der Waals surface area contributed by atoms with Gasteiger partial charge in [-0.25, -0.2) is 9.78 Å². The van der Waals surface area contributed by atoms with Crippen molar-refractivity contribution >= 4 is 21.7 Å². The number of pyridine rings is 1. The van der Waals surface area contributed by atoms with E-state index >= 15 is 0 Å². The topological polar surface area (TPSA) is 129 Å². The number of benzene rings is 3. The van der Waals surface area contributed by atoms with Gasteiger partial charge in [0.05, 0.1) is 11.1 Å². The molecule has 0 saturated carbocycles. The Balaban J connectivity index is 1.46. The molecule has 0 fully saturated rings. The van der Waals surface area contributed by atoms with Gasteiger partial charge >= 0.3 is 5.97 Å². The van der Waals surface area contributed by atoms with Gasteiger partial charge in [-0.3, -0.25) is 4.72 Å². The van der Waals surface area contributed by atoms with Crippen LogP contribution in [-0.2, 0) is 32.4 Å². The third kappa shape index (κ3) is 8.08. The van der Waals surface area contributed by atoms with E-state index in [-0.39, 0.29) is 34.0 Å². The predicted molar refractivity (Wildman–Crippen MR) is 181 cm³/mol. The Hall–Kier alpha value is -4.94. The average Bonchev–Trinajstić information content (AvgIpc) is 3.05. The van der Waals surface area contributed by atoms with E-state index in [1.807, 2.05) is 93.6 Å². The van der Waals surface area contributed by atoms with Crippen LogP contribution < -0.4 is 4.72 Å². The third-order valence-electron chi connectivity index (χ3n) is 8.52. The van der Waals surface area contributed by atoms with E-state index in [2.05, 4.69) is 9.71 Å². The number of aliphatic hydroxyl groups is 1. The molecule has 9 heteroatoms. The lowest BCUT2D eigenvalue weighted by Crippen LogP contribution is -2.43. The molecule has 0 amide bonds. The number of rotatable bonds is 11. The first kappa shape index (κ1) is 33.4. The van der Waals surface area contributed by atoms with Crippen molar-refractivity contribution in [2.24, 2.45) is 5.41 Å². The zero-order valence-electron chi connectivity index (χ0n) is 26.8. The third-order valence-corrected chi connectivity index (χ3v) is 9.82. The van der Waals surface area contributed by atoms with Crippen LogP contribution in [0.1, 0.15) is 68.2 Å². The highest BCUT2D eigenvalue weighted by Crippen LogP contribution is 2.47. The van der Waals surface area contributed by atoms with Crippen molar-refractivity contribution in [1.82, 2.24) is 4.98 Å². The van der Waals surface area contributed by atoms with Crippen LogP contribution in [0.4, 0.5) is 5.69 Å². The van der Waals surface area contributed by atoms with Crippen molar-refractivity contribution in [3.05, 3.63) is 137 Å². The molecular weight excluding hydrogens is 611 g/mol. The number of ether oxygens (including phenoxy) is 1. The van der Waals surface area contributed by atoms with Gasteiger partial charge in [-0.2, -0.15) is 13.7 Å². The SMILES string of the molecule is CC(C)(C)C(C1=C(O)CC(CCc2ccccc2)(CCc2ccccc2)OC1=O)c1cccc(NS(=O)(=O)c2ccc(C#N)cn2)c1. The van der Waals surface area contributed by atoms with Crippen LogP contribution >= 0.6 is 0 Å². The highest BCUT2D eigenvalue weighted by atomic mass is 32.2. The zero-order chi connectivity index (χ0) is 33.7. The van der Waals surface area contributed by atoms with Crippen molar-refractivity contribution in [1.29, 1.82) is 5.26 Å². The molecule has 1 atom stereocenters. The molecule has 2 N–H and O–H groups in total. The second-order valence-corrected chi connectivity index (χ2v) is 14.7. The molecule has 1 unspecified atom stereocenters. The summed E-state index contributed by atoms with van der Waals surface area (Å²) < 4.78 is 35.1. The van der Waals surface area contributed by atoms with Crippen LogP contribution in [-0.4, -0.2) is 30.1 Å². The van der Waals surface area contributed by atoms with E-state index < -0.39 is 32.9 Å². The molecular formula is C38H39N3O5S. The molecule has 8 nitrogen and oxygen atoms in total. The molecule has 4 aromatic rings. The van der Waals surface area contributed by atoms with E-state index in [4.69, 9.17) is 10.00 Å². The second kappa shape index (κ2) is 13.8. The Morgan fingerprint density at radius 3 is 2.06 bits per heavy atom. The van der Waals surface area contributed by atoms with Crippen molar-refractivity contribution < 1.29 is 23.1 Å². The quantitative estimate of drug-likeness (QED) is 0.160. The van der Waals surface area contributed by atoms with Gasteiger partial charge < -0.3 is 9.84 Å². The monoisotopic (exact) mass is 649 g/mol. The summed E-state index contributed by atoms with van der Waals surface area (Å²) >= 11 is 0. The Bertz CT molecular complexity index is 1850. The summed E-state index contributed by atoms with van der Waals surface area (Å²) in [4.78, 5) is 18.0. The summed E-state index contributed by atoms with van der Waals surface area (Å²) in [6, 6.07) is 31.4. The smallest absolute Gasteiger partial charge is 0.338 e. The largest absolute Gasteiger partial charge is 0.512 e. The van der Waals surface area contributed by atoms with Crippen molar-refractivity contribution in [2.75, 3.05) is 4.72 Å².